The third-order valence-electron chi connectivity index (χ3n) is 4.98. The first-order valence-electron chi connectivity index (χ1n) is 10.6. The van der Waals surface area contributed by atoms with E-state index in [1.807, 2.05) is 24.3 Å². The van der Waals surface area contributed by atoms with Crippen molar-refractivity contribution in [1.29, 1.82) is 0 Å². The molecule has 1 aliphatic rings. The Bertz CT molecular complexity index is 1120. The number of carbonyl (C=O) groups is 1. The molecule has 33 heavy (non-hydrogen) atoms. The number of rotatable bonds is 8. The van der Waals surface area contributed by atoms with E-state index in [-0.39, 0.29) is 28.7 Å². The quantitative estimate of drug-likeness (QED) is 0.304. The van der Waals surface area contributed by atoms with Gasteiger partial charge >= 0.3 is 5.97 Å². The van der Waals surface area contributed by atoms with Gasteiger partial charge in [0.25, 0.3) is 5.69 Å². The van der Waals surface area contributed by atoms with Gasteiger partial charge in [0.1, 0.15) is 16.4 Å². The number of nitro groups is 1. The van der Waals surface area contributed by atoms with Crippen LogP contribution < -0.4 is 4.90 Å². The zero-order valence-electron chi connectivity index (χ0n) is 18.6. The van der Waals surface area contributed by atoms with Gasteiger partial charge in [0.2, 0.25) is 0 Å². The standard InChI is InChI=1S/C24H25N3O5S/c1-4-26(5-2)18-11-7-16(8-12-18)15-20-22(28)21(24(29)32-6-3)23(33-20)25-17-9-13-19(14-10-17)27(30)31/h7-15,28H,4-6H2,1-3H3. The summed E-state index contributed by atoms with van der Waals surface area (Å²) in [6.45, 7) is 7.83. The summed E-state index contributed by atoms with van der Waals surface area (Å²) in [5.41, 5.74) is 2.30. The molecule has 0 saturated heterocycles. The number of anilines is 1. The number of benzene rings is 2. The van der Waals surface area contributed by atoms with Gasteiger partial charge in [0, 0.05) is 30.9 Å². The van der Waals surface area contributed by atoms with Gasteiger partial charge in [-0.3, -0.25) is 10.1 Å². The van der Waals surface area contributed by atoms with Gasteiger partial charge in [-0.25, -0.2) is 9.79 Å². The van der Waals surface area contributed by atoms with Gasteiger partial charge in [-0.15, -0.1) is 0 Å². The highest BCUT2D eigenvalue weighted by atomic mass is 32.2. The van der Waals surface area contributed by atoms with Crippen LogP contribution in [0.3, 0.4) is 0 Å². The first kappa shape index (κ1) is 24.1. The number of nitrogens with zero attached hydrogens (tertiary/aromatic N) is 3. The molecule has 0 atom stereocenters. The lowest BCUT2D eigenvalue weighted by atomic mass is 10.1. The van der Waals surface area contributed by atoms with Crippen molar-refractivity contribution in [2.75, 3.05) is 24.6 Å². The molecule has 3 rings (SSSR count). The van der Waals surface area contributed by atoms with Crippen LogP contribution >= 0.6 is 11.8 Å². The van der Waals surface area contributed by atoms with Crippen LogP contribution in [0.1, 0.15) is 26.3 Å². The van der Waals surface area contributed by atoms with E-state index in [1.54, 1.807) is 13.0 Å². The van der Waals surface area contributed by atoms with E-state index in [1.165, 1.54) is 24.3 Å². The molecule has 9 heteroatoms. The third kappa shape index (κ3) is 5.61. The Morgan fingerprint density at radius 2 is 1.76 bits per heavy atom. The molecule has 1 aliphatic heterocycles. The largest absolute Gasteiger partial charge is 0.506 e. The summed E-state index contributed by atoms with van der Waals surface area (Å²) in [5, 5.41) is 21.9. The number of nitro benzene ring substituents is 1. The van der Waals surface area contributed by atoms with Crippen molar-refractivity contribution < 1.29 is 19.6 Å². The average Bonchev–Trinajstić information content (AvgIpc) is 3.10. The molecule has 0 aliphatic carbocycles. The topological polar surface area (TPSA) is 105 Å². The Morgan fingerprint density at radius 1 is 1.12 bits per heavy atom. The molecular formula is C24H25N3O5S. The summed E-state index contributed by atoms with van der Waals surface area (Å²) in [6, 6.07) is 13.6. The molecule has 1 N–H and O–H groups in total. The van der Waals surface area contributed by atoms with Gasteiger partial charge in [-0.1, -0.05) is 23.9 Å². The van der Waals surface area contributed by atoms with E-state index in [0.717, 1.165) is 36.1 Å². The molecule has 172 valence electrons. The summed E-state index contributed by atoms with van der Waals surface area (Å²) in [7, 11) is 0. The lowest BCUT2D eigenvalue weighted by Crippen LogP contribution is -2.21. The maximum atomic E-state index is 12.5. The van der Waals surface area contributed by atoms with Gasteiger partial charge in [0.15, 0.2) is 0 Å². The molecule has 0 bridgehead atoms. The van der Waals surface area contributed by atoms with E-state index in [9.17, 15) is 20.0 Å². The maximum Gasteiger partial charge on any atom is 0.344 e. The molecule has 0 fully saturated rings. The Labute approximate surface area is 196 Å². The molecule has 0 amide bonds. The number of ether oxygens (including phenoxy) is 1. The molecule has 0 spiro atoms. The maximum absolute atomic E-state index is 12.5. The normalized spacial score (nSPS) is 15.8. The molecule has 0 saturated carbocycles. The average molecular weight is 468 g/mol. The number of esters is 1. The fourth-order valence-corrected chi connectivity index (χ4v) is 4.31. The second kappa shape index (κ2) is 10.8. The van der Waals surface area contributed by atoms with Crippen LogP contribution in [-0.2, 0) is 9.53 Å². The molecule has 2 aromatic rings. The second-order valence-electron chi connectivity index (χ2n) is 7.01. The van der Waals surface area contributed by atoms with Crippen molar-refractivity contribution in [1.82, 2.24) is 0 Å². The first-order chi connectivity index (χ1) is 15.9. The van der Waals surface area contributed by atoms with Crippen LogP contribution in [-0.4, -0.2) is 40.7 Å². The summed E-state index contributed by atoms with van der Waals surface area (Å²) < 4.78 is 5.11. The summed E-state index contributed by atoms with van der Waals surface area (Å²) in [5.74, 6) is -0.879. The highest BCUT2D eigenvalue weighted by Gasteiger charge is 2.33. The van der Waals surface area contributed by atoms with Crippen molar-refractivity contribution in [3.05, 3.63) is 80.4 Å². The number of aliphatic imine (C=N–C) groups is 1. The molecular weight excluding hydrogens is 442 g/mol. The number of hydrogen-bond donors (Lipinski definition) is 1. The molecule has 0 radical (unpaired) electrons. The van der Waals surface area contributed by atoms with E-state index in [4.69, 9.17) is 4.74 Å². The van der Waals surface area contributed by atoms with Gasteiger partial charge in [-0.2, -0.15) is 0 Å². The number of non-ortho nitro benzene ring substituents is 1. The van der Waals surface area contributed by atoms with Crippen LogP contribution in [0.4, 0.5) is 17.1 Å². The minimum Gasteiger partial charge on any atom is -0.506 e. The zero-order chi connectivity index (χ0) is 24.0. The van der Waals surface area contributed by atoms with E-state index in [0.29, 0.717) is 10.6 Å². The van der Waals surface area contributed by atoms with Crippen LogP contribution in [0.2, 0.25) is 0 Å². The van der Waals surface area contributed by atoms with Crippen molar-refractivity contribution in [3.8, 4) is 0 Å². The van der Waals surface area contributed by atoms with Crippen LogP contribution in [0.15, 0.2) is 69.8 Å². The lowest BCUT2D eigenvalue weighted by molar-refractivity contribution is -0.384. The fraction of sp³-hybridized carbons (Fsp3) is 0.250. The van der Waals surface area contributed by atoms with Crippen molar-refractivity contribution in [3.63, 3.8) is 0 Å². The monoisotopic (exact) mass is 467 g/mol. The van der Waals surface area contributed by atoms with E-state index in [2.05, 4.69) is 23.7 Å². The lowest BCUT2D eigenvalue weighted by Gasteiger charge is -2.20. The first-order valence-corrected chi connectivity index (χ1v) is 11.4. The van der Waals surface area contributed by atoms with Crippen LogP contribution in [0.5, 0.6) is 0 Å². The number of thioether (sulfide) groups is 1. The smallest absolute Gasteiger partial charge is 0.344 e. The second-order valence-corrected chi connectivity index (χ2v) is 8.04. The predicted octanol–water partition coefficient (Wildman–Crippen LogP) is 5.63. The van der Waals surface area contributed by atoms with E-state index >= 15 is 0 Å². The van der Waals surface area contributed by atoms with E-state index < -0.39 is 10.9 Å². The molecule has 8 nitrogen and oxygen atoms in total. The number of aliphatic hydroxyl groups excluding tert-OH is 1. The molecule has 1 heterocycles. The Kier molecular flexibility index (Phi) is 7.89. The van der Waals surface area contributed by atoms with Gasteiger partial charge < -0.3 is 14.7 Å². The predicted molar refractivity (Wildman–Crippen MR) is 132 cm³/mol. The van der Waals surface area contributed by atoms with Crippen molar-refractivity contribution >= 4 is 45.9 Å². The third-order valence-corrected chi connectivity index (χ3v) is 6.00. The summed E-state index contributed by atoms with van der Waals surface area (Å²) in [6.07, 6.45) is 1.78. The van der Waals surface area contributed by atoms with Crippen molar-refractivity contribution in [2.24, 2.45) is 4.99 Å². The minimum atomic E-state index is -0.677. The molecule has 0 unspecified atom stereocenters. The fourth-order valence-electron chi connectivity index (χ4n) is 3.28. The van der Waals surface area contributed by atoms with Gasteiger partial charge in [-0.05, 0) is 56.7 Å². The highest BCUT2D eigenvalue weighted by molar-refractivity contribution is 8.18. The Balaban J connectivity index is 1.95. The van der Waals surface area contributed by atoms with Crippen LogP contribution in [0, 0.1) is 10.1 Å². The Morgan fingerprint density at radius 3 is 2.30 bits per heavy atom. The Hall–Kier alpha value is -3.59. The number of aliphatic hydroxyl groups is 1. The minimum absolute atomic E-state index is 0.0220. The SMILES string of the molecule is CCOC(=O)C1=C(O)C(=Cc2ccc(N(CC)CC)cc2)SC1=Nc1ccc([N+](=O)[O-])cc1. The highest BCUT2D eigenvalue weighted by Crippen LogP contribution is 2.40. The zero-order valence-corrected chi connectivity index (χ0v) is 19.5. The number of hydrogen-bond acceptors (Lipinski definition) is 8. The van der Waals surface area contributed by atoms with Gasteiger partial charge in [0.05, 0.1) is 22.1 Å². The molecule has 2 aromatic carbocycles. The van der Waals surface area contributed by atoms with Crippen LogP contribution in [0.25, 0.3) is 6.08 Å². The van der Waals surface area contributed by atoms with Crippen molar-refractivity contribution in [2.45, 2.75) is 20.8 Å². The molecule has 0 aromatic heterocycles. The summed E-state index contributed by atoms with van der Waals surface area (Å²) in [4.78, 5) is 30.0. The summed E-state index contributed by atoms with van der Waals surface area (Å²) >= 11 is 1.14. The number of carbonyl (C=O) groups excluding carboxylic acids is 1.